The zero-order chi connectivity index (χ0) is 18.0. The van der Waals surface area contributed by atoms with Crippen LogP contribution in [0.15, 0.2) is 24.5 Å². The molecule has 2 aromatic rings. The second kappa shape index (κ2) is 7.23. The lowest BCUT2D eigenvalue weighted by Crippen LogP contribution is -2.49. The number of hydrogen-bond acceptors (Lipinski definition) is 4. The minimum atomic E-state index is -0.453. The van der Waals surface area contributed by atoms with Gasteiger partial charge in [-0.3, -0.25) is 9.59 Å². The summed E-state index contributed by atoms with van der Waals surface area (Å²) in [5.74, 6) is 0.276. The minimum absolute atomic E-state index is 0.00278. The Balaban J connectivity index is 1.56. The summed E-state index contributed by atoms with van der Waals surface area (Å²) in [5, 5.41) is 3.09. The van der Waals surface area contributed by atoms with Gasteiger partial charge in [0.2, 0.25) is 5.91 Å². The molecular weight excluding hydrogens is 318 g/mol. The third kappa shape index (κ3) is 3.82. The van der Waals surface area contributed by atoms with Gasteiger partial charge in [-0.15, -0.1) is 0 Å². The van der Waals surface area contributed by atoms with Crippen molar-refractivity contribution in [2.75, 3.05) is 13.1 Å². The first-order valence-corrected chi connectivity index (χ1v) is 8.74. The van der Waals surface area contributed by atoms with E-state index in [1.807, 2.05) is 24.0 Å². The number of aromatic nitrogens is 2. The molecule has 1 saturated heterocycles. The predicted molar refractivity (Wildman–Crippen MR) is 96.0 cm³/mol. The molecule has 0 spiro atoms. The lowest BCUT2D eigenvalue weighted by molar-refractivity contribution is -0.133. The van der Waals surface area contributed by atoms with Crippen molar-refractivity contribution in [3.63, 3.8) is 0 Å². The zero-order valence-corrected chi connectivity index (χ0v) is 14.7. The Bertz CT molecular complexity index is 762. The number of likely N-dealkylation sites (tertiary alicyclic amines) is 1. The largest absolute Gasteiger partial charge is 0.349 e. The van der Waals surface area contributed by atoms with Crippen LogP contribution in [0.4, 0.5) is 0 Å². The van der Waals surface area contributed by atoms with Crippen LogP contribution in [0.5, 0.6) is 0 Å². The van der Waals surface area contributed by atoms with Crippen molar-refractivity contribution in [2.45, 2.75) is 38.8 Å². The molecule has 2 amide bonds. The van der Waals surface area contributed by atoms with Crippen LogP contribution >= 0.6 is 0 Å². The highest BCUT2D eigenvalue weighted by Crippen LogP contribution is 2.21. The van der Waals surface area contributed by atoms with E-state index >= 15 is 0 Å². The molecule has 2 atom stereocenters. The second-order valence-electron chi connectivity index (χ2n) is 6.85. The molecule has 2 heterocycles. The third-order valence-electron chi connectivity index (χ3n) is 4.99. The molecule has 1 aliphatic rings. The van der Waals surface area contributed by atoms with Crippen molar-refractivity contribution in [3.8, 4) is 0 Å². The van der Waals surface area contributed by atoms with Gasteiger partial charge in [-0.05, 0) is 50.8 Å². The van der Waals surface area contributed by atoms with Crippen LogP contribution in [0.1, 0.15) is 37.0 Å². The fourth-order valence-corrected chi connectivity index (χ4v) is 3.39. The molecule has 0 bridgehead atoms. The zero-order valence-electron chi connectivity index (χ0n) is 14.7. The summed E-state index contributed by atoms with van der Waals surface area (Å²) < 4.78 is 0. The number of amides is 2. The number of aromatic amines is 1. The normalized spacial score (nSPS) is 18.1. The van der Waals surface area contributed by atoms with E-state index in [9.17, 15) is 9.59 Å². The number of carbonyl (C=O) groups excluding carboxylic acids is 2. The minimum Gasteiger partial charge on any atom is -0.349 e. The van der Waals surface area contributed by atoms with Crippen molar-refractivity contribution in [1.29, 1.82) is 0 Å². The molecule has 1 fully saturated rings. The van der Waals surface area contributed by atoms with E-state index in [1.165, 1.54) is 0 Å². The molecule has 1 aromatic carbocycles. The SMILES string of the molecule is CC(NC(=O)c1ccc2nc[nH]c2c1)C1CCN(C(=O)[C@H](C)N)CC1. The predicted octanol–water partition coefficient (Wildman–Crippen LogP) is 1.27. The number of carbonyl (C=O) groups is 2. The molecule has 7 heteroatoms. The average molecular weight is 343 g/mol. The first-order chi connectivity index (χ1) is 12.0. The van der Waals surface area contributed by atoms with Gasteiger partial charge in [0.1, 0.15) is 0 Å². The quantitative estimate of drug-likeness (QED) is 0.777. The van der Waals surface area contributed by atoms with Gasteiger partial charge in [-0.2, -0.15) is 0 Å². The first-order valence-electron chi connectivity index (χ1n) is 8.74. The molecule has 0 radical (unpaired) electrons. The number of hydrogen-bond donors (Lipinski definition) is 3. The van der Waals surface area contributed by atoms with Gasteiger partial charge in [0, 0.05) is 24.7 Å². The van der Waals surface area contributed by atoms with Crippen LogP contribution in [0.3, 0.4) is 0 Å². The number of rotatable bonds is 4. The molecule has 0 saturated carbocycles. The fourth-order valence-electron chi connectivity index (χ4n) is 3.39. The van der Waals surface area contributed by atoms with Gasteiger partial charge in [-0.1, -0.05) is 0 Å². The monoisotopic (exact) mass is 343 g/mol. The van der Waals surface area contributed by atoms with Crippen LogP contribution in [-0.2, 0) is 4.79 Å². The van der Waals surface area contributed by atoms with Gasteiger partial charge in [0.15, 0.2) is 0 Å². The maximum atomic E-state index is 12.5. The maximum Gasteiger partial charge on any atom is 0.251 e. The van der Waals surface area contributed by atoms with Crippen LogP contribution in [0.25, 0.3) is 11.0 Å². The van der Waals surface area contributed by atoms with E-state index in [0.29, 0.717) is 24.6 Å². The maximum absolute atomic E-state index is 12.5. The van der Waals surface area contributed by atoms with Gasteiger partial charge < -0.3 is 20.9 Å². The molecule has 1 aromatic heterocycles. The molecule has 3 rings (SSSR count). The summed E-state index contributed by atoms with van der Waals surface area (Å²) in [7, 11) is 0. The number of nitrogens with zero attached hydrogens (tertiary/aromatic N) is 2. The number of H-pyrrole nitrogens is 1. The molecule has 4 N–H and O–H groups in total. The highest BCUT2D eigenvalue weighted by molar-refractivity contribution is 5.97. The van der Waals surface area contributed by atoms with E-state index < -0.39 is 6.04 Å². The van der Waals surface area contributed by atoms with Gasteiger partial charge >= 0.3 is 0 Å². The standard InChI is InChI=1S/C18H25N5O2/c1-11(19)18(25)23-7-5-13(6-8-23)12(2)22-17(24)14-3-4-15-16(9-14)21-10-20-15/h3-4,9-13H,5-8,19H2,1-2H3,(H,20,21)(H,22,24)/t11-,12?/m0/s1. The number of benzene rings is 1. The number of fused-ring (bicyclic) bond motifs is 1. The van der Waals surface area contributed by atoms with Crippen LogP contribution < -0.4 is 11.1 Å². The summed E-state index contributed by atoms with van der Waals surface area (Å²) in [6.45, 7) is 5.14. The molecule has 134 valence electrons. The van der Waals surface area contributed by atoms with Crippen LogP contribution in [-0.4, -0.2) is 51.9 Å². The van der Waals surface area contributed by atoms with Gasteiger partial charge in [0.05, 0.1) is 23.4 Å². The average Bonchev–Trinajstić information content (AvgIpc) is 3.08. The number of imidazole rings is 1. The molecular formula is C18H25N5O2. The smallest absolute Gasteiger partial charge is 0.251 e. The lowest BCUT2D eigenvalue weighted by atomic mass is 9.90. The molecule has 1 aliphatic heterocycles. The molecule has 25 heavy (non-hydrogen) atoms. The first kappa shape index (κ1) is 17.4. The van der Waals surface area contributed by atoms with E-state index in [4.69, 9.17) is 5.73 Å². The van der Waals surface area contributed by atoms with Gasteiger partial charge in [-0.25, -0.2) is 4.98 Å². The Labute approximate surface area is 147 Å². The van der Waals surface area contributed by atoms with Crippen molar-refractivity contribution in [3.05, 3.63) is 30.1 Å². The van der Waals surface area contributed by atoms with Crippen LogP contribution in [0, 0.1) is 5.92 Å². The summed E-state index contributed by atoms with van der Waals surface area (Å²) in [4.78, 5) is 33.4. The Morgan fingerprint density at radius 1 is 1.32 bits per heavy atom. The Morgan fingerprint density at radius 2 is 2.04 bits per heavy atom. The Hall–Kier alpha value is -2.41. The van der Waals surface area contributed by atoms with Crippen molar-refractivity contribution < 1.29 is 9.59 Å². The Kier molecular flexibility index (Phi) is 5.03. The summed E-state index contributed by atoms with van der Waals surface area (Å²) in [6.07, 6.45) is 3.37. The highest BCUT2D eigenvalue weighted by atomic mass is 16.2. The van der Waals surface area contributed by atoms with Crippen LogP contribution in [0.2, 0.25) is 0 Å². The van der Waals surface area contributed by atoms with E-state index in [0.717, 1.165) is 23.9 Å². The molecule has 7 nitrogen and oxygen atoms in total. The number of piperidine rings is 1. The summed E-state index contributed by atoms with van der Waals surface area (Å²) >= 11 is 0. The summed E-state index contributed by atoms with van der Waals surface area (Å²) in [5.41, 5.74) is 7.98. The number of nitrogens with one attached hydrogen (secondary N) is 2. The fraction of sp³-hybridized carbons (Fsp3) is 0.500. The highest BCUT2D eigenvalue weighted by Gasteiger charge is 2.28. The topological polar surface area (TPSA) is 104 Å². The van der Waals surface area contributed by atoms with E-state index in [1.54, 1.807) is 19.3 Å². The second-order valence-corrected chi connectivity index (χ2v) is 6.85. The van der Waals surface area contributed by atoms with E-state index in [-0.39, 0.29) is 17.9 Å². The number of nitrogens with two attached hydrogens (primary N) is 1. The van der Waals surface area contributed by atoms with E-state index in [2.05, 4.69) is 15.3 Å². The molecule has 1 unspecified atom stereocenters. The lowest BCUT2D eigenvalue weighted by Gasteiger charge is -2.35. The Morgan fingerprint density at radius 3 is 2.72 bits per heavy atom. The van der Waals surface area contributed by atoms with Crippen molar-refractivity contribution in [1.82, 2.24) is 20.2 Å². The van der Waals surface area contributed by atoms with Crippen molar-refractivity contribution >= 4 is 22.8 Å². The van der Waals surface area contributed by atoms with Gasteiger partial charge in [0.25, 0.3) is 5.91 Å². The summed E-state index contributed by atoms with van der Waals surface area (Å²) in [6, 6.07) is 5.04. The third-order valence-corrected chi connectivity index (χ3v) is 4.99. The molecule has 0 aliphatic carbocycles. The van der Waals surface area contributed by atoms with Crippen molar-refractivity contribution in [2.24, 2.45) is 11.7 Å².